The number of hydrogen-bond acceptors (Lipinski definition) is 6. The van der Waals surface area contributed by atoms with E-state index in [0.717, 1.165) is 31.2 Å². The predicted octanol–water partition coefficient (Wildman–Crippen LogP) is 3.74. The standard InChI is InChI=1S/C29H46N2O6Si/c1-7-8-14-24(32)31(17-18-36-4)22-19-21(28(34)30-16-11-15-29(2,3)38(5,6)35)25-20-12-9-10-13-23(20)37-27(25)26(22)33/h9-10,12-13,19,22,25-27,33,35H,7-8,11,14-18H2,1-6H3,(H,30,34)/t22-,25+,26+,27+/m1/s1. The first kappa shape index (κ1) is 30.3. The highest BCUT2D eigenvalue weighted by Gasteiger charge is 2.50. The van der Waals surface area contributed by atoms with Crippen LogP contribution in [0, 0.1) is 0 Å². The highest BCUT2D eigenvalue weighted by atomic mass is 28.4. The smallest absolute Gasteiger partial charge is 0.247 e. The maximum Gasteiger partial charge on any atom is 0.247 e. The summed E-state index contributed by atoms with van der Waals surface area (Å²) in [5.41, 5.74) is 1.38. The summed E-state index contributed by atoms with van der Waals surface area (Å²) in [6.07, 6.45) is 3.64. The van der Waals surface area contributed by atoms with Gasteiger partial charge < -0.3 is 29.6 Å². The number of fused-ring (bicyclic) bond motifs is 3. The summed E-state index contributed by atoms with van der Waals surface area (Å²) >= 11 is 0. The average Bonchev–Trinajstić information content (AvgIpc) is 3.26. The fourth-order valence-electron chi connectivity index (χ4n) is 5.16. The van der Waals surface area contributed by atoms with Gasteiger partial charge in [-0.3, -0.25) is 9.59 Å². The molecule has 1 aromatic rings. The Balaban J connectivity index is 1.87. The van der Waals surface area contributed by atoms with Crippen LogP contribution >= 0.6 is 0 Å². The van der Waals surface area contributed by atoms with Gasteiger partial charge in [-0.05, 0) is 49.5 Å². The second-order valence-electron chi connectivity index (χ2n) is 11.7. The zero-order valence-electron chi connectivity index (χ0n) is 23.8. The Morgan fingerprint density at radius 2 is 1.92 bits per heavy atom. The fourth-order valence-corrected chi connectivity index (χ4v) is 5.95. The largest absolute Gasteiger partial charge is 0.486 e. The third-order valence-electron chi connectivity index (χ3n) is 8.36. The van der Waals surface area contributed by atoms with E-state index in [1.807, 2.05) is 44.3 Å². The van der Waals surface area contributed by atoms with Crippen molar-refractivity contribution >= 4 is 20.1 Å². The second-order valence-corrected chi connectivity index (χ2v) is 16.2. The predicted molar refractivity (Wildman–Crippen MR) is 151 cm³/mol. The molecule has 3 N–H and O–H groups in total. The number of carbonyl (C=O) groups is 2. The van der Waals surface area contributed by atoms with Gasteiger partial charge >= 0.3 is 0 Å². The molecule has 2 aliphatic rings. The summed E-state index contributed by atoms with van der Waals surface area (Å²) in [5.74, 6) is -0.0645. The number of carbonyl (C=O) groups excluding carboxylic acids is 2. The molecule has 1 heterocycles. The number of aliphatic hydroxyl groups excluding tert-OH is 1. The van der Waals surface area contributed by atoms with Crippen LogP contribution in [0.25, 0.3) is 0 Å². The molecule has 0 saturated heterocycles. The van der Waals surface area contributed by atoms with Gasteiger partial charge in [0, 0.05) is 37.8 Å². The maximum absolute atomic E-state index is 13.6. The summed E-state index contributed by atoms with van der Waals surface area (Å²) < 4.78 is 11.5. The Hall–Kier alpha value is -2.20. The lowest BCUT2D eigenvalue weighted by Gasteiger charge is -2.40. The third-order valence-corrected chi connectivity index (χ3v) is 11.9. The molecular formula is C29H46N2O6Si. The number of para-hydroxylation sites is 1. The highest BCUT2D eigenvalue weighted by Crippen LogP contribution is 2.47. The minimum Gasteiger partial charge on any atom is -0.486 e. The van der Waals surface area contributed by atoms with Crippen molar-refractivity contribution in [3.05, 3.63) is 41.5 Å². The van der Waals surface area contributed by atoms with E-state index in [1.165, 1.54) is 0 Å². The quantitative estimate of drug-likeness (QED) is 0.257. The Morgan fingerprint density at radius 3 is 2.58 bits per heavy atom. The molecule has 0 bridgehead atoms. The average molecular weight is 547 g/mol. The first-order chi connectivity index (χ1) is 17.9. The lowest BCUT2D eigenvalue weighted by atomic mass is 9.77. The molecule has 8 nitrogen and oxygen atoms in total. The molecule has 4 atom stereocenters. The van der Waals surface area contributed by atoms with E-state index in [1.54, 1.807) is 18.1 Å². The van der Waals surface area contributed by atoms with Crippen molar-refractivity contribution in [2.24, 2.45) is 0 Å². The molecule has 1 aromatic carbocycles. The van der Waals surface area contributed by atoms with Gasteiger partial charge in [-0.25, -0.2) is 0 Å². The minimum atomic E-state index is -2.33. The zero-order valence-corrected chi connectivity index (χ0v) is 24.8. The minimum absolute atomic E-state index is 0.0732. The molecule has 0 radical (unpaired) electrons. The molecule has 2 amide bonds. The SMILES string of the molecule is CCCCC(=O)N(CCOC)[C@@H]1C=C(C(=O)NCCCC(C)(C)[Si](C)(C)O)[C@@H]2c3ccccc3O[C@@H]2[C@H]1O. The molecule has 38 heavy (non-hydrogen) atoms. The van der Waals surface area contributed by atoms with Gasteiger partial charge in [0.1, 0.15) is 18.0 Å². The van der Waals surface area contributed by atoms with Gasteiger partial charge in [-0.15, -0.1) is 0 Å². The Morgan fingerprint density at radius 1 is 1.21 bits per heavy atom. The Kier molecular flexibility index (Phi) is 10.2. The number of aliphatic hydroxyl groups is 1. The maximum atomic E-state index is 13.6. The van der Waals surface area contributed by atoms with Crippen molar-refractivity contribution in [2.45, 2.75) is 95.2 Å². The van der Waals surface area contributed by atoms with Crippen molar-refractivity contribution in [1.29, 1.82) is 0 Å². The van der Waals surface area contributed by atoms with Crippen LogP contribution in [0.4, 0.5) is 0 Å². The fraction of sp³-hybridized carbons (Fsp3) is 0.655. The lowest BCUT2D eigenvalue weighted by Crippen LogP contribution is -2.56. The van der Waals surface area contributed by atoms with E-state index in [-0.39, 0.29) is 16.9 Å². The van der Waals surface area contributed by atoms with E-state index in [4.69, 9.17) is 9.47 Å². The number of rotatable bonds is 13. The molecule has 1 aliphatic carbocycles. The van der Waals surface area contributed by atoms with Crippen LogP contribution in [-0.4, -0.2) is 80.0 Å². The number of benzene rings is 1. The summed E-state index contributed by atoms with van der Waals surface area (Å²) in [7, 11) is -0.750. The summed E-state index contributed by atoms with van der Waals surface area (Å²) in [6, 6.07) is 6.85. The van der Waals surface area contributed by atoms with Crippen molar-refractivity contribution in [3.63, 3.8) is 0 Å². The van der Waals surface area contributed by atoms with E-state index in [0.29, 0.717) is 37.4 Å². The number of hydrogen-bond donors (Lipinski definition) is 3. The zero-order chi connectivity index (χ0) is 28.1. The number of nitrogens with zero attached hydrogens (tertiary/aromatic N) is 1. The topological polar surface area (TPSA) is 108 Å². The van der Waals surface area contributed by atoms with Gasteiger partial charge in [0.2, 0.25) is 11.8 Å². The van der Waals surface area contributed by atoms with E-state index in [2.05, 4.69) is 19.2 Å². The van der Waals surface area contributed by atoms with E-state index < -0.39 is 32.5 Å². The van der Waals surface area contributed by atoms with E-state index in [9.17, 15) is 19.5 Å². The molecule has 0 spiro atoms. The van der Waals surface area contributed by atoms with Crippen LogP contribution in [0.2, 0.25) is 18.1 Å². The van der Waals surface area contributed by atoms with Gasteiger partial charge in [0.15, 0.2) is 8.32 Å². The van der Waals surface area contributed by atoms with Crippen LogP contribution in [0.15, 0.2) is 35.9 Å². The molecule has 3 rings (SSSR count). The first-order valence-electron chi connectivity index (χ1n) is 13.9. The number of nitrogens with one attached hydrogen (secondary N) is 1. The Bertz CT molecular complexity index is 1010. The molecule has 0 unspecified atom stereocenters. The van der Waals surface area contributed by atoms with Crippen molar-refractivity contribution in [3.8, 4) is 5.75 Å². The van der Waals surface area contributed by atoms with Crippen LogP contribution < -0.4 is 10.1 Å². The highest BCUT2D eigenvalue weighted by molar-refractivity contribution is 6.72. The molecule has 9 heteroatoms. The van der Waals surface area contributed by atoms with Gasteiger partial charge in [0.25, 0.3) is 0 Å². The molecular weight excluding hydrogens is 500 g/mol. The molecule has 0 aromatic heterocycles. The van der Waals surface area contributed by atoms with Crippen molar-refractivity contribution in [1.82, 2.24) is 10.2 Å². The number of amides is 2. The van der Waals surface area contributed by atoms with Crippen molar-refractivity contribution in [2.75, 3.05) is 26.8 Å². The summed E-state index contributed by atoms with van der Waals surface area (Å²) in [4.78, 5) is 39.0. The van der Waals surface area contributed by atoms with Crippen LogP contribution in [-0.2, 0) is 14.3 Å². The van der Waals surface area contributed by atoms with Gasteiger partial charge in [0.05, 0.1) is 18.6 Å². The Labute approximate surface area is 228 Å². The van der Waals surface area contributed by atoms with Crippen molar-refractivity contribution < 1.29 is 29.0 Å². The first-order valence-corrected chi connectivity index (χ1v) is 16.8. The van der Waals surface area contributed by atoms with Crippen LogP contribution in [0.3, 0.4) is 0 Å². The number of methoxy groups -OCH3 is 1. The van der Waals surface area contributed by atoms with Gasteiger partial charge in [-0.2, -0.15) is 0 Å². The molecule has 1 aliphatic heterocycles. The molecule has 212 valence electrons. The summed E-state index contributed by atoms with van der Waals surface area (Å²) in [5, 5.41) is 14.4. The monoisotopic (exact) mass is 546 g/mol. The second kappa shape index (κ2) is 12.8. The normalized spacial score (nSPS) is 22.7. The lowest BCUT2D eigenvalue weighted by molar-refractivity contribution is -0.138. The van der Waals surface area contributed by atoms with E-state index >= 15 is 0 Å². The third kappa shape index (κ3) is 6.68. The van der Waals surface area contributed by atoms with Gasteiger partial charge in [-0.1, -0.05) is 45.4 Å². The van der Waals surface area contributed by atoms with Crippen LogP contribution in [0.1, 0.15) is 64.4 Å². The number of unbranched alkanes of at least 4 members (excludes halogenated alkanes) is 1. The van der Waals surface area contributed by atoms with Crippen LogP contribution in [0.5, 0.6) is 5.75 Å². The molecule has 0 fully saturated rings. The summed E-state index contributed by atoms with van der Waals surface area (Å²) in [6.45, 7) is 11.2. The number of ether oxygens (including phenoxy) is 2. The molecule has 0 saturated carbocycles.